The molecule has 3 aromatic rings. The van der Waals surface area contributed by atoms with E-state index in [1.165, 1.54) is 25.3 Å². The Balaban J connectivity index is 2.14. The van der Waals surface area contributed by atoms with E-state index in [9.17, 15) is 13.7 Å². The van der Waals surface area contributed by atoms with Gasteiger partial charge in [-0.05, 0) is 41.3 Å². The third-order valence-corrected chi connectivity index (χ3v) is 6.31. The average Bonchev–Trinajstić information content (AvgIpc) is 3.12. The van der Waals surface area contributed by atoms with Crippen LogP contribution in [0.15, 0.2) is 52.4 Å². The highest BCUT2D eigenvalue weighted by Gasteiger charge is 2.29. The lowest BCUT2D eigenvalue weighted by molar-refractivity contribution is 0.411. The molecule has 0 bridgehead atoms. The minimum Gasteiger partial charge on any atom is -0.494 e. The molecule has 150 valence electrons. The summed E-state index contributed by atoms with van der Waals surface area (Å²) < 4.78 is 32.6. The van der Waals surface area contributed by atoms with E-state index < -0.39 is 14.9 Å². The highest BCUT2D eigenvalue weighted by molar-refractivity contribution is 7.91. The Kier molecular flexibility index (Phi) is 5.39. The fraction of sp³-hybridized carbons (Fsp3) is 0.250. The average molecular weight is 431 g/mol. The Morgan fingerprint density at radius 2 is 1.79 bits per heavy atom. The minimum atomic E-state index is -4.05. The van der Waals surface area contributed by atoms with Crippen LogP contribution < -0.4 is 4.74 Å². The van der Waals surface area contributed by atoms with Gasteiger partial charge in [-0.15, -0.1) is 5.10 Å². The summed E-state index contributed by atoms with van der Waals surface area (Å²) in [5.74, 6) is 0.370. The molecule has 0 radical (unpaired) electrons. The largest absolute Gasteiger partial charge is 0.494 e. The summed E-state index contributed by atoms with van der Waals surface area (Å²) in [6.45, 7) is 6.11. The number of aromatic nitrogens is 3. The quantitative estimate of drug-likeness (QED) is 0.621. The molecule has 0 unspecified atom stereocenters. The lowest BCUT2D eigenvalue weighted by atomic mass is 9.87. The van der Waals surface area contributed by atoms with E-state index in [-0.39, 0.29) is 16.0 Å². The maximum absolute atomic E-state index is 13.1. The van der Waals surface area contributed by atoms with Crippen LogP contribution >= 0.6 is 11.6 Å². The molecule has 0 aliphatic carbocycles. The van der Waals surface area contributed by atoms with E-state index in [0.717, 1.165) is 10.2 Å². The van der Waals surface area contributed by atoms with Gasteiger partial charge in [0.25, 0.3) is 0 Å². The normalized spacial score (nSPS) is 11.9. The molecule has 0 fully saturated rings. The van der Waals surface area contributed by atoms with Crippen molar-refractivity contribution in [2.75, 3.05) is 7.11 Å². The molecule has 0 aliphatic rings. The van der Waals surface area contributed by atoms with Gasteiger partial charge in [0.05, 0.1) is 12.0 Å². The van der Waals surface area contributed by atoms with Crippen molar-refractivity contribution >= 4 is 21.4 Å². The van der Waals surface area contributed by atoms with Gasteiger partial charge in [-0.2, -0.15) is 9.94 Å². The third kappa shape index (κ3) is 3.84. The number of hydrogen-bond donors (Lipinski definition) is 0. The second-order valence-corrected chi connectivity index (χ2v) is 9.66. The summed E-state index contributed by atoms with van der Waals surface area (Å²) in [6, 6.07) is 13.1. The van der Waals surface area contributed by atoms with Crippen LogP contribution in [0.4, 0.5) is 0 Å². The molecule has 0 spiro atoms. The lowest BCUT2D eigenvalue weighted by Crippen LogP contribution is -2.12. The van der Waals surface area contributed by atoms with Crippen LogP contribution in [0.2, 0.25) is 5.02 Å². The molecule has 1 heterocycles. The maximum Gasteiger partial charge on any atom is 0.228 e. The SMILES string of the molecule is COc1ccc(Cl)cc1-n1nnc(S(=O)(=O)c2ccc(C(C)(C)C)cc2)c1C#N. The molecule has 0 aliphatic heterocycles. The number of rotatable bonds is 4. The molecule has 3 rings (SSSR count). The second-order valence-electron chi connectivity index (χ2n) is 7.36. The number of methoxy groups -OCH3 is 1. The zero-order valence-corrected chi connectivity index (χ0v) is 17.9. The van der Waals surface area contributed by atoms with Crippen LogP contribution in [-0.2, 0) is 15.3 Å². The molecule has 0 saturated carbocycles. The van der Waals surface area contributed by atoms with Crippen LogP contribution in [0.1, 0.15) is 32.0 Å². The van der Waals surface area contributed by atoms with Crippen molar-refractivity contribution in [3.8, 4) is 17.5 Å². The Bertz CT molecular complexity index is 1200. The summed E-state index contributed by atoms with van der Waals surface area (Å²) in [5.41, 5.74) is 0.954. The van der Waals surface area contributed by atoms with Gasteiger partial charge in [0.15, 0.2) is 5.69 Å². The number of benzene rings is 2. The summed E-state index contributed by atoms with van der Waals surface area (Å²) in [6.07, 6.45) is 0. The summed E-state index contributed by atoms with van der Waals surface area (Å²) in [7, 11) is -2.60. The van der Waals surface area contributed by atoms with E-state index in [4.69, 9.17) is 16.3 Å². The van der Waals surface area contributed by atoms with E-state index in [2.05, 4.69) is 10.3 Å². The van der Waals surface area contributed by atoms with Crippen LogP contribution in [0.25, 0.3) is 5.69 Å². The molecule has 9 heteroatoms. The van der Waals surface area contributed by atoms with Crippen molar-refractivity contribution in [3.63, 3.8) is 0 Å². The van der Waals surface area contributed by atoms with Crippen molar-refractivity contribution < 1.29 is 13.2 Å². The Hall–Kier alpha value is -2.89. The van der Waals surface area contributed by atoms with Crippen molar-refractivity contribution in [2.24, 2.45) is 0 Å². The van der Waals surface area contributed by atoms with Gasteiger partial charge in [0, 0.05) is 5.02 Å². The molecule has 1 aromatic heterocycles. The van der Waals surface area contributed by atoms with Gasteiger partial charge in [0.2, 0.25) is 14.9 Å². The molecular formula is C20H19ClN4O3S. The standard InChI is InChI=1S/C20H19ClN4O3S/c1-20(2,3)13-5-8-15(9-6-13)29(26,27)19-17(12-22)25(24-23-19)16-11-14(21)7-10-18(16)28-4/h5-11H,1-4H3. The highest BCUT2D eigenvalue weighted by Crippen LogP contribution is 2.30. The molecule has 0 atom stereocenters. The van der Waals surface area contributed by atoms with Crippen molar-refractivity contribution in [1.82, 2.24) is 15.0 Å². The zero-order valence-electron chi connectivity index (χ0n) is 16.3. The Morgan fingerprint density at radius 1 is 1.14 bits per heavy atom. The highest BCUT2D eigenvalue weighted by atomic mass is 35.5. The van der Waals surface area contributed by atoms with Gasteiger partial charge in [-0.3, -0.25) is 0 Å². The predicted molar refractivity (Wildman–Crippen MR) is 108 cm³/mol. The molecular weight excluding hydrogens is 412 g/mol. The summed E-state index contributed by atoms with van der Waals surface area (Å²) in [5, 5.41) is 17.3. The Labute approximate surface area is 174 Å². The summed E-state index contributed by atoms with van der Waals surface area (Å²) >= 11 is 6.05. The number of ether oxygens (including phenoxy) is 1. The minimum absolute atomic E-state index is 0.0344. The predicted octanol–water partition coefficient (Wildman–Crippen LogP) is 3.93. The molecule has 29 heavy (non-hydrogen) atoms. The topological polar surface area (TPSA) is 97.9 Å². The van der Waals surface area contributed by atoms with Gasteiger partial charge < -0.3 is 4.74 Å². The molecule has 0 N–H and O–H groups in total. The van der Waals surface area contributed by atoms with Gasteiger partial charge in [-0.1, -0.05) is 49.7 Å². The van der Waals surface area contributed by atoms with Crippen molar-refractivity contribution in [1.29, 1.82) is 5.26 Å². The van der Waals surface area contributed by atoms with Crippen LogP contribution in [-0.4, -0.2) is 30.5 Å². The van der Waals surface area contributed by atoms with Crippen molar-refractivity contribution in [3.05, 3.63) is 58.7 Å². The third-order valence-electron chi connectivity index (χ3n) is 4.40. The molecule has 0 saturated heterocycles. The molecule has 7 nitrogen and oxygen atoms in total. The van der Waals surface area contributed by atoms with E-state index in [1.54, 1.807) is 24.3 Å². The first-order valence-corrected chi connectivity index (χ1v) is 10.5. The number of halogens is 1. The first kappa shape index (κ1) is 20.8. The zero-order chi connectivity index (χ0) is 21.4. The van der Waals surface area contributed by atoms with Gasteiger partial charge >= 0.3 is 0 Å². The van der Waals surface area contributed by atoms with E-state index >= 15 is 0 Å². The number of nitrogens with zero attached hydrogens (tertiary/aromatic N) is 4. The fourth-order valence-corrected chi connectivity index (χ4v) is 4.20. The first-order chi connectivity index (χ1) is 13.6. The van der Waals surface area contributed by atoms with E-state index in [1.807, 2.05) is 26.8 Å². The second kappa shape index (κ2) is 7.50. The van der Waals surface area contributed by atoms with E-state index in [0.29, 0.717) is 16.5 Å². The lowest BCUT2D eigenvalue weighted by Gasteiger charge is -2.19. The van der Waals surface area contributed by atoms with Gasteiger partial charge in [0.1, 0.15) is 17.5 Å². The number of hydrogen-bond acceptors (Lipinski definition) is 6. The molecule has 2 aromatic carbocycles. The first-order valence-electron chi connectivity index (χ1n) is 8.65. The van der Waals surface area contributed by atoms with Crippen LogP contribution in [0.3, 0.4) is 0 Å². The smallest absolute Gasteiger partial charge is 0.228 e. The molecule has 0 amide bonds. The monoisotopic (exact) mass is 430 g/mol. The summed E-state index contributed by atoms with van der Waals surface area (Å²) in [4.78, 5) is 0.0344. The maximum atomic E-state index is 13.1. The number of sulfone groups is 1. The number of nitriles is 1. The fourth-order valence-electron chi connectivity index (χ4n) is 2.79. The van der Waals surface area contributed by atoms with Crippen LogP contribution in [0.5, 0.6) is 5.75 Å². The van der Waals surface area contributed by atoms with Crippen LogP contribution in [0, 0.1) is 11.3 Å². The van der Waals surface area contributed by atoms with Crippen molar-refractivity contribution in [2.45, 2.75) is 36.1 Å². The van der Waals surface area contributed by atoms with Gasteiger partial charge in [-0.25, -0.2) is 8.42 Å². The Morgan fingerprint density at radius 3 is 2.34 bits per heavy atom.